The first-order chi connectivity index (χ1) is 4.00. The van der Waals surface area contributed by atoms with E-state index in [9.17, 15) is 4.80 Å². The Morgan fingerprint density at radius 1 is 0.727 bits per heavy atom. The van der Waals surface area contributed by atoms with E-state index in [1.807, 2.05) is 0 Å². The summed E-state index contributed by atoms with van der Waals surface area (Å²) in [6, 6.07) is 0. The predicted molar refractivity (Wildman–Crippen MR) is 52.6 cm³/mol. The van der Waals surface area contributed by atoms with E-state index in [-0.39, 0.29) is 29.6 Å². The van der Waals surface area contributed by atoms with Crippen molar-refractivity contribution in [3.8, 4) is 0 Å². The van der Waals surface area contributed by atoms with Gasteiger partial charge >= 0.3 is 29.6 Å². The first kappa shape index (κ1) is 18.2. The third-order valence-corrected chi connectivity index (χ3v) is 0. The molecular weight excluding hydrogens is 179 g/mol. The maximum atomic E-state index is 10.2. The number of hydrogen-bond acceptors (Lipinski definition) is 1. The molecule has 0 unspecified atom stereocenters. The Hall–Kier alpha value is 1.39. The van der Waals surface area contributed by atoms with E-state index in [0.29, 0.717) is 0 Å². The minimum Gasteiger partial charge on any atom is -0.859 e. The van der Waals surface area contributed by atoms with Gasteiger partial charge in [0.05, 0.1) is 0 Å². The van der Waals surface area contributed by atoms with Gasteiger partial charge in [-0.2, -0.15) is 0 Å². The van der Waals surface area contributed by atoms with Crippen molar-refractivity contribution in [2.45, 2.75) is 45.8 Å². The Kier molecular flexibility index (Phi) is 11.4. The molecule has 0 aromatic carbocycles. The van der Waals surface area contributed by atoms with Gasteiger partial charge in [-0.05, 0) is 0 Å². The first-order valence-electron chi connectivity index (χ1n) is 3.70. The summed E-state index contributed by atoms with van der Waals surface area (Å²) in [4.78, 5) is 10.2. The number of rotatable bonds is 0. The smallest absolute Gasteiger partial charge is 0.859 e. The average molecular weight is 200 g/mol. The van der Waals surface area contributed by atoms with Gasteiger partial charge in [0.15, 0.2) is 0 Å². The fourth-order valence-corrected chi connectivity index (χ4v) is 0. The van der Waals surface area contributed by atoms with Crippen LogP contribution in [-0.2, 0) is 0 Å². The normalized spacial score (nSPS) is 10.9. The largest absolute Gasteiger partial charge is 1.00 e. The molecule has 0 heterocycles. The molecule has 0 aliphatic heterocycles. The van der Waals surface area contributed by atoms with Gasteiger partial charge in [-0.25, -0.2) is 0 Å². The predicted octanol–water partition coefficient (Wildman–Crippen LogP) is -0.860. The van der Waals surface area contributed by atoms with Crippen molar-refractivity contribution in [3.05, 3.63) is 0 Å². The second-order valence-corrected chi connectivity index (χ2v) is 15.3. The molecule has 0 N–H and O–H groups in total. The Morgan fingerprint density at radius 2 is 0.727 bits per heavy atom. The summed E-state index contributed by atoms with van der Waals surface area (Å²) < 4.78 is 0. The molecule has 1 nitrogen and oxygen atoms in total. The van der Waals surface area contributed by atoms with Crippen LogP contribution in [0.3, 0.4) is 0 Å². The zero-order valence-corrected chi connectivity index (χ0v) is 13.4. The molecule has 0 saturated heterocycles. The summed E-state index contributed by atoms with van der Waals surface area (Å²) in [5.74, 6) is 0. The van der Waals surface area contributed by atoms with Gasteiger partial charge in [0.25, 0.3) is 0 Å². The SMILES string of the molecule is C[Si](C)(C)C.C[Si](C)(C)[O-].[Na+]. The molecule has 0 spiro atoms. The Bertz CT molecular complexity index is 59.4. The van der Waals surface area contributed by atoms with Crippen molar-refractivity contribution >= 4 is 16.4 Å². The van der Waals surface area contributed by atoms with Crippen molar-refractivity contribution in [1.82, 2.24) is 0 Å². The van der Waals surface area contributed by atoms with Crippen LogP contribution >= 0.6 is 0 Å². The van der Waals surface area contributed by atoms with Crippen LogP contribution in [0.5, 0.6) is 0 Å². The quantitative estimate of drug-likeness (QED) is 0.467. The van der Waals surface area contributed by atoms with Crippen LogP contribution in [0.4, 0.5) is 0 Å². The summed E-state index contributed by atoms with van der Waals surface area (Å²) in [6.07, 6.45) is 0. The monoisotopic (exact) mass is 200 g/mol. The third kappa shape index (κ3) is 518. The molecule has 0 rings (SSSR count). The van der Waals surface area contributed by atoms with Gasteiger partial charge in [0.2, 0.25) is 0 Å². The van der Waals surface area contributed by atoms with Crippen LogP contribution < -0.4 is 34.4 Å². The molecule has 4 heteroatoms. The van der Waals surface area contributed by atoms with Gasteiger partial charge in [0, 0.05) is 8.07 Å². The molecule has 11 heavy (non-hydrogen) atoms. The standard InChI is InChI=1S/C4H12Si.C3H9OSi.Na/c2*1-5(2,3)4;/h1-4H3;1-3H3;/q;-1;+1. The van der Waals surface area contributed by atoms with Crippen LogP contribution in [0.2, 0.25) is 45.8 Å². The van der Waals surface area contributed by atoms with Crippen molar-refractivity contribution < 1.29 is 34.4 Å². The van der Waals surface area contributed by atoms with Gasteiger partial charge in [-0.3, -0.25) is 0 Å². The molecular formula is C7H21NaOSi2. The van der Waals surface area contributed by atoms with Gasteiger partial charge in [-0.1, -0.05) is 54.1 Å². The molecule has 0 bridgehead atoms. The molecule has 0 aromatic heterocycles. The third-order valence-electron chi connectivity index (χ3n) is 0. The van der Waals surface area contributed by atoms with Gasteiger partial charge in [-0.15, -0.1) is 0 Å². The molecule has 0 saturated carbocycles. The summed E-state index contributed by atoms with van der Waals surface area (Å²) in [7, 11) is -2.47. The minimum absolute atomic E-state index is 0. The number of hydrogen-bond donors (Lipinski definition) is 0. The van der Waals surface area contributed by atoms with E-state index in [4.69, 9.17) is 0 Å². The van der Waals surface area contributed by atoms with Crippen molar-refractivity contribution in [1.29, 1.82) is 0 Å². The van der Waals surface area contributed by atoms with Crippen LogP contribution in [0.25, 0.3) is 0 Å². The second kappa shape index (κ2) is 6.86. The molecule has 0 fully saturated rings. The van der Waals surface area contributed by atoms with E-state index < -0.39 is 16.4 Å². The molecule has 0 aromatic rings. The molecule has 0 atom stereocenters. The fourth-order valence-electron chi connectivity index (χ4n) is 0. The van der Waals surface area contributed by atoms with E-state index >= 15 is 0 Å². The van der Waals surface area contributed by atoms with Crippen LogP contribution in [0, 0.1) is 0 Å². The van der Waals surface area contributed by atoms with Crippen molar-refractivity contribution in [2.75, 3.05) is 0 Å². The summed E-state index contributed by atoms with van der Waals surface area (Å²) in [5, 5.41) is 0. The zero-order chi connectivity index (χ0) is 9.00. The Labute approximate surface area is 96.0 Å². The molecule has 0 radical (unpaired) electrons. The average Bonchev–Trinajstić information content (AvgIpc) is 1.12. The first-order valence-corrected chi connectivity index (χ1v) is 11.1. The van der Waals surface area contributed by atoms with E-state index in [0.717, 1.165) is 0 Å². The van der Waals surface area contributed by atoms with Crippen LogP contribution in [0.1, 0.15) is 0 Å². The van der Waals surface area contributed by atoms with Crippen LogP contribution in [0.15, 0.2) is 0 Å². The van der Waals surface area contributed by atoms with Crippen LogP contribution in [-0.4, -0.2) is 16.4 Å². The topological polar surface area (TPSA) is 23.1 Å². The Balaban J connectivity index is -0.000000107. The van der Waals surface area contributed by atoms with Crippen molar-refractivity contribution in [3.63, 3.8) is 0 Å². The maximum Gasteiger partial charge on any atom is 1.00 e. The maximum absolute atomic E-state index is 10.2. The molecule has 0 amide bonds. The van der Waals surface area contributed by atoms with Crippen molar-refractivity contribution in [2.24, 2.45) is 0 Å². The Morgan fingerprint density at radius 3 is 0.727 bits per heavy atom. The minimum atomic E-state index is -1.86. The second-order valence-electron chi connectivity index (χ2n) is 5.11. The van der Waals surface area contributed by atoms with Gasteiger partial charge in [0.1, 0.15) is 0 Å². The summed E-state index contributed by atoms with van der Waals surface area (Å²) in [6.45, 7) is 14.6. The molecule has 0 aliphatic carbocycles. The zero-order valence-electron chi connectivity index (χ0n) is 9.41. The van der Waals surface area contributed by atoms with E-state index in [1.54, 1.807) is 19.6 Å². The molecule has 64 valence electrons. The van der Waals surface area contributed by atoms with E-state index in [1.165, 1.54) is 0 Å². The van der Waals surface area contributed by atoms with E-state index in [2.05, 4.69) is 26.2 Å². The fraction of sp³-hybridized carbons (Fsp3) is 1.00. The molecule has 0 aliphatic rings. The summed E-state index contributed by atoms with van der Waals surface area (Å²) in [5.41, 5.74) is 0. The van der Waals surface area contributed by atoms with Gasteiger partial charge < -0.3 is 4.80 Å². The summed E-state index contributed by atoms with van der Waals surface area (Å²) >= 11 is 0.